The average molecular weight is 254 g/mol. The van der Waals surface area contributed by atoms with Crippen LogP contribution in [-0.2, 0) is 5.41 Å². The van der Waals surface area contributed by atoms with Crippen LogP contribution in [0.4, 0.5) is 5.82 Å². The zero-order chi connectivity index (χ0) is 13.3. The number of nitrogens with one attached hydrogen (secondary N) is 1. The van der Waals surface area contributed by atoms with Gasteiger partial charge in [0, 0.05) is 11.8 Å². The predicted molar refractivity (Wildman–Crippen MR) is 75.7 cm³/mol. The van der Waals surface area contributed by atoms with Crippen LogP contribution in [0.3, 0.4) is 0 Å². The highest BCUT2D eigenvalue weighted by atomic mass is 15.3. The summed E-state index contributed by atoms with van der Waals surface area (Å²) in [5.41, 5.74) is 4.85. The molecule has 0 spiro atoms. The van der Waals surface area contributed by atoms with Gasteiger partial charge in [-0.25, -0.2) is 15.8 Å². The standard InChI is InChI=1S/C15H18N4/c1-11-10-13(19-16)18-14(17-11)15(8-5-9-15)12-6-3-2-4-7-12/h2-4,6-7,10H,5,8-9,16H2,1H3,(H,17,18,19). The zero-order valence-electron chi connectivity index (χ0n) is 11.1. The Kier molecular flexibility index (Phi) is 2.95. The first kappa shape index (κ1) is 12.1. The fourth-order valence-corrected chi connectivity index (χ4v) is 2.79. The molecule has 2 aromatic rings. The van der Waals surface area contributed by atoms with E-state index in [0.29, 0.717) is 5.82 Å². The molecule has 1 aromatic heterocycles. The summed E-state index contributed by atoms with van der Waals surface area (Å²) in [7, 11) is 0. The van der Waals surface area contributed by atoms with Crippen molar-refractivity contribution in [1.29, 1.82) is 0 Å². The first-order chi connectivity index (χ1) is 9.24. The topological polar surface area (TPSA) is 63.8 Å². The van der Waals surface area contributed by atoms with Gasteiger partial charge in [0.1, 0.15) is 11.6 Å². The SMILES string of the molecule is Cc1cc(NN)nc(C2(c3ccccc3)CCC2)n1. The number of hydrazine groups is 1. The number of benzene rings is 1. The molecule has 0 unspecified atom stereocenters. The maximum atomic E-state index is 5.49. The maximum Gasteiger partial charge on any atom is 0.143 e. The summed E-state index contributed by atoms with van der Waals surface area (Å²) in [5.74, 6) is 7.06. The van der Waals surface area contributed by atoms with E-state index in [1.54, 1.807) is 0 Å². The van der Waals surface area contributed by atoms with Gasteiger partial charge in [0.2, 0.25) is 0 Å². The molecule has 4 nitrogen and oxygen atoms in total. The number of aryl methyl sites for hydroxylation is 1. The molecule has 1 fully saturated rings. The second-order valence-corrected chi connectivity index (χ2v) is 5.16. The van der Waals surface area contributed by atoms with E-state index >= 15 is 0 Å². The Labute approximate surface area is 113 Å². The lowest BCUT2D eigenvalue weighted by Crippen LogP contribution is -2.37. The Morgan fingerprint density at radius 2 is 1.89 bits per heavy atom. The monoisotopic (exact) mass is 254 g/mol. The van der Waals surface area contributed by atoms with Crippen LogP contribution in [0.5, 0.6) is 0 Å². The number of hydrogen-bond donors (Lipinski definition) is 2. The summed E-state index contributed by atoms with van der Waals surface area (Å²) in [6.07, 6.45) is 3.42. The summed E-state index contributed by atoms with van der Waals surface area (Å²) < 4.78 is 0. The second kappa shape index (κ2) is 4.63. The van der Waals surface area contributed by atoms with E-state index in [2.05, 4.69) is 39.7 Å². The van der Waals surface area contributed by atoms with E-state index < -0.39 is 0 Å². The van der Waals surface area contributed by atoms with Crippen molar-refractivity contribution >= 4 is 5.82 Å². The fraction of sp³-hybridized carbons (Fsp3) is 0.333. The molecule has 98 valence electrons. The van der Waals surface area contributed by atoms with E-state index in [9.17, 15) is 0 Å². The van der Waals surface area contributed by atoms with E-state index in [1.807, 2.05) is 19.1 Å². The lowest BCUT2D eigenvalue weighted by atomic mass is 9.64. The molecule has 0 bridgehead atoms. The molecule has 0 saturated heterocycles. The molecule has 0 amide bonds. The Balaban J connectivity index is 2.10. The summed E-state index contributed by atoms with van der Waals surface area (Å²) in [5, 5.41) is 0. The molecular formula is C15H18N4. The smallest absolute Gasteiger partial charge is 0.143 e. The Morgan fingerprint density at radius 1 is 1.16 bits per heavy atom. The zero-order valence-corrected chi connectivity index (χ0v) is 11.1. The molecule has 4 heteroatoms. The molecule has 1 saturated carbocycles. The lowest BCUT2D eigenvalue weighted by molar-refractivity contribution is 0.285. The molecule has 0 aliphatic heterocycles. The van der Waals surface area contributed by atoms with Gasteiger partial charge in [-0.3, -0.25) is 0 Å². The molecule has 0 atom stereocenters. The molecule has 1 heterocycles. The highest BCUT2D eigenvalue weighted by Gasteiger charge is 2.43. The number of anilines is 1. The third kappa shape index (κ3) is 1.98. The highest BCUT2D eigenvalue weighted by molar-refractivity contribution is 5.41. The molecule has 0 radical (unpaired) electrons. The van der Waals surface area contributed by atoms with Crippen LogP contribution in [0.25, 0.3) is 0 Å². The van der Waals surface area contributed by atoms with Crippen molar-refractivity contribution in [3.05, 3.63) is 53.5 Å². The van der Waals surface area contributed by atoms with Gasteiger partial charge in [-0.05, 0) is 25.3 Å². The van der Waals surface area contributed by atoms with Gasteiger partial charge in [0.05, 0.1) is 5.41 Å². The van der Waals surface area contributed by atoms with Crippen LogP contribution in [-0.4, -0.2) is 9.97 Å². The summed E-state index contributed by atoms with van der Waals surface area (Å²) in [6.45, 7) is 1.98. The van der Waals surface area contributed by atoms with Gasteiger partial charge in [-0.2, -0.15) is 0 Å². The quantitative estimate of drug-likeness (QED) is 0.652. The van der Waals surface area contributed by atoms with Gasteiger partial charge in [-0.1, -0.05) is 36.8 Å². The number of hydrogen-bond acceptors (Lipinski definition) is 4. The normalized spacial score (nSPS) is 16.7. The minimum atomic E-state index is -0.0289. The van der Waals surface area contributed by atoms with Gasteiger partial charge in [0.25, 0.3) is 0 Å². The van der Waals surface area contributed by atoms with Crippen molar-refractivity contribution in [2.24, 2.45) is 5.84 Å². The summed E-state index contributed by atoms with van der Waals surface area (Å²) >= 11 is 0. The average Bonchev–Trinajstić information content (AvgIpc) is 2.38. The third-order valence-electron chi connectivity index (χ3n) is 3.96. The Morgan fingerprint density at radius 3 is 2.47 bits per heavy atom. The van der Waals surface area contributed by atoms with Crippen molar-refractivity contribution in [3.8, 4) is 0 Å². The molecule has 1 aliphatic carbocycles. The number of rotatable bonds is 3. The van der Waals surface area contributed by atoms with Crippen LogP contribution in [0.15, 0.2) is 36.4 Å². The predicted octanol–water partition coefficient (Wildman–Crippen LogP) is 2.54. The van der Waals surface area contributed by atoms with Crippen LogP contribution >= 0.6 is 0 Å². The van der Waals surface area contributed by atoms with Gasteiger partial charge >= 0.3 is 0 Å². The van der Waals surface area contributed by atoms with Crippen molar-refractivity contribution in [1.82, 2.24) is 9.97 Å². The van der Waals surface area contributed by atoms with E-state index in [1.165, 1.54) is 12.0 Å². The molecule has 1 aliphatic rings. The summed E-state index contributed by atoms with van der Waals surface area (Å²) in [6, 6.07) is 12.4. The van der Waals surface area contributed by atoms with Crippen molar-refractivity contribution in [2.75, 3.05) is 5.43 Å². The van der Waals surface area contributed by atoms with Gasteiger partial charge in [0.15, 0.2) is 0 Å². The number of nitrogens with zero attached hydrogens (tertiary/aromatic N) is 2. The third-order valence-corrected chi connectivity index (χ3v) is 3.96. The van der Waals surface area contributed by atoms with Gasteiger partial charge < -0.3 is 5.43 Å². The Bertz CT molecular complexity index is 576. The molecule has 1 aromatic carbocycles. The van der Waals surface area contributed by atoms with Crippen molar-refractivity contribution < 1.29 is 0 Å². The molecule has 19 heavy (non-hydrogen) atoms. The number of nitrogen functional groups attached to an aromatic ring is 1. The second-order valence-electron chi connectivity index (χ2n) is 5.16. The Hall–Kier alpha value is -1.94. The first-order valence-corrected chi connectivity index (χ1v) is 6.63. The van der Waals surface area contributed by atoms with E-state index in [4.69, 9.17) is 5.84 Å². The number of nitrogens with two attached hydrogens (primary N) is 1. The van der Waals surface area contributed by atoms with Crippen LogP contribution < -0.4 is 11.3 Å². The van der Waals surface area contributed by atoms with Crippen LogP contribution in [0.2, 0.25) is 0 Å². The van der Waals surface area contributed by atoms with Crippen LogP contribution in [0.1, 0.15) is 36.3 Å². The van der Waals surface area contributed by atoms with Crippen molar-refractivity contribution in [3.63, 3.8) is 0 Å². The maximum absolute atomic E-state index is 5.49. The minimum Gasteiger partial charge on any atom is -0.308 e. The molecule has 3 rings (SSSR count). The minimum absolute atomic E-state index is 0.0289. The first-order valence-electron chi connectivity index (χ1n) is 6.63. The van der Waals surface area contributed by atoms with E-state index in [0.717, 1.165) is 24.4 Å². The summed E-state index contributed by atoms with van der Waals surface area (Å²) in [4.78, 5) is 9.22. The highest BCUT2D eigenvalue weighted by Crippen LogP contribution is 2.47. The lowest BCUT2D eigenvalue weighted by Gasteiger charge is -2.41. The molecule has 3 N–H and O–H groups in total. The fourth-order valence-electron chi connectivity index (χ4n) is 2.79. The molecular weight excluding hydrogens is 236 g/mol. The van der Waals surface area contributed by atoms with E-state index in [-0.39, 0.29) is 5.41 Å². The van der Waals surface area contributed by atoms with Crippen molar-refractivity contribution in [2.45, 2.75) is 31.6 Å². The number of aromatic nitrogens is 2. The van der Waals surface area contributed by atoms with Crippen LogP contribution in [0, 0.1) is 6.92 Å². The largest absolute Gasteiger partial charge is 0.308 e. The van der Waals surface area contributed by atoms with Gasteiger partial charge in [-0.15, -0.1) is 0 Å².